The number of hydrogen-bond donors (Lipinski definition) is 0. The zero-order valence-electron chi connectivity index (χ0n) is 7.37. The van der Waals surface area contributed by atoms with Crippen LogP contribution in [0.5, 0.6) is 0 Å². The van der Waals surface area contributed by atoms with Gasteiger partial charge in [0.15, 0.2) is 0 Å². The smallest absolute Gasteiger partial charge is 0.316 e. The quantitative estimate of drug-likeness (QED) is 0.696. The topological polar surface area (TPSA) is 26.3 Å². The average Bonchev–Trinajstić information content (AvgIpc) is 2.30. The van der Waals surface area contributed by atoms with E-state index in [9.17, 15) is 4.79 Å². The normalized spacial score (nSPS) is 20.8. The van der Waals surface area contributed by atoms with Gasteiger partial charge in [-0.25, -0.2) is 0 Å². The van der Waals surface area contributed by atoms with Gasteiger partial charge in [0.25, 0.3) is 0 Å². The summed E-state index contributed by atoms with van der Waals surface area (Å²) in [7, 11) is 0. The predicted octanol–water partition coefficient (Wildman–Crippen LogP) is 2.57. The van der Waals surface area contributed by atoms with E-state index in [4.69, 9.17) is 4.74 Å². The summed E-state index contributed by atoms with van der Waals surface area (Å²) in [6.07, 6.45) is 9.19. The van der Waals surface area contributed by atoms with Gasteiger partial charge in [0.2, 0.25) is 0 Å². The van der Waals surface area contributed by atoms with Crippen LogP contribution in [0.4, 0.5) is 0 Å². The standard InChI is InChI=1S/C10H11BrO2/c1-2-13-10(12)8-4-3-5-9(11)7-6-8/h3-8H,2H2,1H3. The second-order valence-electron chi connectivity index (χ2n) is 2.57. The first kappa shape index (κ1) is 10.3. The highest BCUT2D eigenvalue weighted by molar-refractivity contribution is 9.11. The lowest BCUT2D eigenvalue weighted by Gasteiger charge is -2.05. The van der Waals surface area contributed by atoms with Crippen LogP contribution >= 0.6 is 15.9 Å². The van der Waals surface area contributed by atoms with Gasteiger partial charge in [-0.1, -0.05) is 40.2 Å². The van der Waals surface area contributed by atoms with E-state index in [1.54, 1.807) is 6.92 Å². The molecule has 0 aromatic rings. The van der Waals surface area contributed by atoms with Crippen molar-refractivity contribution in [3.05, 3.63) is 34.9 Å². The third-order valence-corrected chi connectivity index (χ3v) is 2.12. The summed E-state index contributed by atoms with van der Waals surface area (Å²) in [6, 6.07) is 0. The van der Waals surface area contributed by atoms with Crippen molar-refractivity contribution < 1.29 is 9.53 Å². The maximum Gasteiger partial charge on any atom is 0.316 e. The number of carbonyl (C=O) groups excluding carboxylic acids is 1. The molecule has 0 spiro atoms. The van der Waals surface area contributed by atoms with Crippen molar-refractivity contribution in [2.24, 2.45) is 5.92 Å². The minimum atomic E-state index is -0.258. The van der Waals surface area contributed by atoms with Gasteiger partial charge in [0, 0.05) is 4.48 Å². The van der Waals surface area contributed by atoms with E-state index in [-0.39, 0.29) is 11.9 Å². The van der Waals surface area contributed by atoms with Crippen LogP contribution in [0, 0.1) is 5.92 Å². The summed E-state index contributed by atoms with van der Waals surface area (Å²) >= 11 is 3.32. The van der Waals surface area contributed by atoms with Crippen LogP contribution in [0.15, 0.2) is 34.9 Å². The zero-order valence-corrected chi connectivity index (χ0v) is 8.95. The third kappa shape index (κ3) is 3.19. The van der Waals surface area contributed by atoms with Crippen LogP contribution in [0.3, 0.4) is 0 Å². The van der Waals surface area contributed by atoms with Gasteiger partial charge in [0.05, 0.1) is 12.5 Å². The molecule has 0 radical (unpaired) electrons. The van der Waals surface area contributed by atoms with E-state index in [1.165, 1.54) is 0 Å². The Kier molecular flexibility index (Phi) is 3.96. The second kappa shape index (κ2) is 5.02. The van der Waals surface area contributed by atoms with Crippen molar-refractivity contribution in [1.29, 1.82) is 0 Å². The fraction of sp³-hybridized carbons (Fsp3) is 0.300. The molecule has 0 aromatic heterocycles. The molecule has 3 heteroatoms. The summed E-state index contributed by atoms with van der Waals surface area (Å²) in [4.78, 5) is 11.3. The lowest BCUT2D eigenvalue weighted by molar-refractivity contribution is -0.144. The van der Waals surface area contributed by atoms with Gasteiger partial charge < -0.3 is 4.74 Å². The Labute approximate surface area is 86.1 Å². The first-order valence-electron chi connectivity index (χ1n) is 4.13. The second-order valence-corrected chi connectivity index (χ2v) is 3.49. The van der Waals surface area contributed by atoms with Crippen molar-refractivity contribution in [2.75, 3.05) is 6.61 Å². The molecule has 1 atom stereocenters. The monoisotopic (exact) mass is 242 g/mol. The Hall–Kier alpha value is -0.830. The summed E-state index contributed by atoms with van der Waals surface area (Å²) in [5.74, 6) is -0.461. The summed E-state index contributed by atoms with van der Waals surface area (Å²) < 4.78 is 5.85. The number of halogens is 1. The van der Waals surface area contributed by atoms with Gasteiger partial charge in [-0.3, -0.25) is 4.79 Å². The Balaban J connectivity index is 2.64. The highest BCUT2D eigenvalue weighted by atomic mass is 79.9. The van der Waals surface area contributed by atoms with E-state index in [2.05, 4.69) is 15.9 Å². The van der Waals surface area contributed by atoms with Gasteiger partial charge in [0.1, 0.15) is 0 Å². The van der Waals surface area contributed by atoms with Crippen molar-refractivity contribution in [3.8, 4) is 0 Å². The molecule has 0 fully saturated rings. The molecule has 2 nitrogen and oxygen atoms in total. The summed E-state index contributed by atoms with van der Waals surface area (Å²) in [6.45, 7) is 2.22. The molecule has 0 saturated carbocycles. The van der Waals surface area contributed by atoms with E-state index in [0.29, 0.717) is 6.61 Å². The summed E-state index contributed by atoms with van der Waals surface area (Å²) in [5, 5.41) is 0. The van der Waals surface area contributed by atoms with E-state index < -0.39 is 0 Å². The molecule has 0 aromatic carbocycles. The third-order valence-electron chi connectivity index (χ3n) is 1.60. The molecular weight excluding hydrogens is 232 g/mol. The fourth-order valence-corrected chi connectivity index (χ4v) is 1.28. The molecule has 13 heavy (non-hydrogen) atoms. The lowest BCUT2D eigenvalue weighted by Crippen LogP contribution is -2.13. The SMILES string of the molecule is CCOC(=O)C1C=CC=C(Br)C=C1. The predicted molar refractivity (Wildman–Crippen MR) is 55.4 cm³/mol. The Morgan fingerprint density at radius 2 is 2.38 bits per heavy atom. The molecule has 1 unspecified atom stereocenters. The van der Waals surface area contributed by atoms with Crippen molar-refractivity contribution in [2.45, 2.75) is 6.92 Å². The number of allylic oxidation sites excluding steroid dienone is 4. The van der Waals surface area contributed by atoms with Crippen LogP contribution in [-0.4, -0.2) is 12.6 Å². The lowest BCUT2D eigenvalue weighted by atomic mass is 10.1. The molecule has 0 saturated heterocycles. The highest BCUT2D eigenvalue weighted by Crippen LogP contribution is 2.15. The van der Waals surface area contributed by atoms with E-state index in [0.717, 1.165) is 4.48 Å². The molecule has 1 aliphatic rings. The maximum absolute atomic E-state index is 11.3. The Bertz CT molecular complexity index is 277. The van der Waals surface area contributed by atoms with Gasteiger partial charge in [-0.05, 0) is 13.0 Å². The number of rotatable bonds is 2. The van der Waals surface area contributed by atoms with Crippen LogP contribution in [0.1, 0.15) is 6.92 Å². The number of carbonyl (C=O) groups is 1. The molecule has 0 heterocycles. The number of hydrogen-bond acceptors (Lipinski definition) is 2. The maximum atomic E-state index is 11.3. The van der Waals surface area contributed by atoms with Crippen molar-refractivity contribution in [3.63, 3.8) is 0 Å². The van der Waals surface area contributed by atoms with Crippen LogP contribution in [0.25, 0.3) is 0 Å². The molecule has 0 N–H and O–H groups in total. The molecule has 0 amide bonds. The fourth-order valence-electron chi connectivity index (χ4n) is 0.978. The minimum absolute atomic E-state index is 0.203. The van der Waals surface area contributed by atoms with Gasteiger partial charge in [-0.2, -0.15) is 0 Å². The summed E-state index contributed by atoms with van der Waals surface area (Å²) in [5.41, 5.74) is 0. The molecule has 0 aliphatic heterocycles. The van der Waals surface area contributed by atoms with E-state index in [1.807, 2.05) is 30.4 Å². The molecule has 1 aliphatic carbocycles. The van der Waals surface area contributed by atoms with Gasteiger partial charge >= 0.3 is 5.97 Å². The minimum Gasteiger partial charge on any atom is -0.465 e. The zero-order chi connectivity index (χ0) is 9.68. The van der Waals surface area contributed by atoms with E-state index >= 15 is 0 Å². The Morgan fingerprint density at radius 3 is 3.08 bits per heavy atom. The number of ether oxygens (including phenoxy) is 1. The average molecular weight is 243 g/mol. The largest absolute Gasteiger partial charge is 0.465 e. The van der Waals surface area contributed by atoms with Crippen molar-refractivity contribution >= 4 is 21.9 Å². The van der Waals surface area contributed by atoms with Crippen LogP contribution in [-0.2, 0) is 9.53 Å². The molecule has 70 valence electrons. The van der Waals surface area contributed by atoms with Crippen LogP contribution in [0.2, 0.25) is 0 Å². The molecular formula is C10H11BrO2. The molecule has 0 bridgehead atoms. The first-order valence-corrected chi connectivity index (χ1v) is 4.92. The van der Waals surface area contributed by atoms with Crippen molar-refractivity contribution in [1.82, 2.24) is 0 Å². The Morgan fingerprint density at radius 1 is 1.62 bits per heavy atom. The van der Waals surface area contributed by atoms with Gasteiger partial charge in [-0.15, -0.1) is 0 Å². The first-order chi connectivity index (χ1) is 6.24. The highest BCUT2D eigenvalue weighted by Gasteiger charge is 2.13. The number of esters is 1. The van der Waals surface area contributed by atoms with Crippen LogP contribution < -0.4 is 0 Å². The molecule has 1 rings (SSSR count).